The van der Waals surface area contributed by atoms with Gasteiger partial charge in [-0.2, -0.15) is 0 Å². The van der Waals surface area contributed by atoms with E-state index in [0.717, 1.165) is 23.4 Å². The van der Waals surface area contributed by atoms with Crippen molar-refractivity contribution in [2.24, 2.45) is 0 Å². The Morgan fingerprint density at radius 1 is 1.50 bits per heavy atom. The normalized spacial score (nSPS) is 11.1. The molecule has 14 heavy (non-hydrogen) atoms. The minimum absolute atomic E-state index is 0.234. The van der Waals surface area contributed by atoms with Gasteiger partial charge in [0.15, 0.2) is 0 Å². The molecule has 74 valence electrons. The second kappa shape index (κ2) is 3.28. The number of benzene rings is 1. The first-order valence-corrected chi connectivity index (χ1v) is 5.28. The SMILES string of the molecule is CCn1c(C)nc2c(Br)c(O)ccc21. The predicted molar refractivity (Wildman–Crippen MR) is 59.5 cm³/mol. The summed E-state index contributed by atoms with van der Waals surface area (Å²) in [5, 5.41) is 9.49. The maximum absolute atomic E-state index is 9.49. The van der Waals surface area contributed by atoms with E-state index in [1.54, 1.807) is 6.07 Å². The van der Waals surface area contributed by atoms with Gasteiger partial charge in [0.25, 0.3) is 0 Å². The van der Waals surface area contributed by atoms with E-state index >= 15 is 0 Å². The van der Waals surface area contributed by atoms with E-state index in [4.69, 9.17) is 0 Å². The van der Waals surface area contributed by atoms with Crippen LogP contribution in [0.3, 0.4) is 0 Å². The second-order valence-electron chi connectivity index (χ2n) is 3.17. The standard InChI is InChI=1S/C10H11BrN2O/c1-3-13-6(2)12-10-7(13)4-5-8(14)9(10)11/h4-5,14H,3H2,1-2H3. The fourth-order valence-electron chi connectivity index (χ4n) is 1.66. The van der Waals surface area contributed by atoms with Crippen molar-refractivity contribution in [2.45, 2.75) is 20.4 Å². The topological polar surface area (TPSA) is 38.0 Å². The number of phenols is 1. The lowest BCUT2D eigenvalue weighted by atomic mass is 10.3. The molecule has 0 aliphatic heterocycles. The summed E-state index contributed by atoms with van der Waals surface area (Å²) >= 11 is 3.33. The van der Waals surface area contributed by atoms with Crippen molar-refractivity contribution in [1.29, 1.82) is 0 Å². The largest absolute Gasteiger partial charge is 0.507 e. The maximum Gasteiger partial charge on any atom is 0.132 e. The lowest BCUT2D eigenvalue weighted by molar-refractivity contribution is 0.473. The highest BCUT2D eigenvalue weighted by atomic mass is 79.9. The Kier molecular flexibility index (Phi) is 2.23. The van der Waals surface area contributed by atoms with Gasteiger partial charge in [0.1, 0.15) is 17.1 Å². The Morgan fingerprint density at radius 3 is 2.86 bits per heavy atom. The Morgan fingerprint density at radius 2 is 2.21 bits per heavy atom. The summed E-state index contributed by atoms with van der Waals surface area (Å²) in [4.78, 5) is 4.40. The second-order valence-corrected chi connectivity index (χ2v) is 3.96. The van der Waals surface area contributed by atoms with Gasteiger partial charge in [-0.3, -0.25) is 0 Å². The summed E-state index contributed by atoms with van der Waals surface area (Å²) in [5.41, 5.74) is 1.87. The number of nitrogens with zero attached hydrogens (tertiary/aromatic N) is 2. The summed E-state index contributed by atoms with van der Waals surface area (Å²) in [6, 6.07) is 3.57. The lowest BCUT2D eigenvalue weighted by Gasteiger charge is -2.02. The Bertz CT molecular complexity index is 490. The number of hydrogen-bond acceptors (Lipinski definition) is 2. The molecule has 0 amide bonds. The summed E-state index contributed by atoms with van der Waals surface area (Å²) in [5.74, 6) is 1.20. The molecular weight excluding hydrogens is 244 g/mol. The van der Waals surface area contributed by atoms with Crippen molar-refractivity contribution in [1.82, 2.24) is 9.55 Å². The molecule has 2 aromatic rings. The molecule has 0 unspecified atom stereocenters. The highest BCUT2D eigenvalue weighted by molar-refractivity contribution is 9.10. The van der Waals surface area contributed by atoms with Crippen LogP contribution in [0.25, 0.3) is 11.0 Å². The molecule has 1 heterocycles. The molecule has 0 saturated carbocycles. The zero-order chi connectivity index (χ0) is 10.3. The molecule has 4 heteroatoms. The molecule has 2 rings (SSSR count). The van der Waals surface area contributed by atoms with E-state index < -0.39 is 0 Å². The minimum atomic E-state index is 0.234. The molecule has 0 fully saturated rings. The van der Waals surface area contributed by atoms with Crippen molar-refractivity contribution in [3.8, 4) is 5.75 Å². The van der Waals surface area contributed by atoms with E-state index in [-0.39, 0.29) is 5.75 Å². The average molecular weight is 255 g/mol. The molecule has 0 radical (unpaired) electrons. The number of aromatic hydroxyl groups is 1. The van der Waals surface area contributed by atoms with Gasteiger partial charge in [0.05, 0.1) is 9.99 Å². The van der Waals surface area contributed by atoms with Crippen molar-refractivity contribution in [2.75, 3.05) is 0 Å². The number of hydrogen-bond donors (Lipinski definition) is 1. The smallest absolute Gasteiger partial charge is 0.132 e. The molecule has 0 aliphatic rings. The molecule has 0 atom stereocenters. The third-order valence-electron chi connectivity index (χ3n) is 2.35. The Hall–Kier alpha value is -1.03. The Labute approximate surface area is 90.5 Å². The van der Waals surface area contributed by atoms with Crippen LogP contribution < -0.4 is 0 Å². The third-order valence-corrected chi connectivity index (χ3v) is 3.13. The first-order valence-electron chi connectivity index (χ1n) is 4.49. The summed E-state index contributed by atoms with van der Waals surface area (Å²) in [6.45, 7) is 4.93. The van der Waals surface area contributed by atoms with Crippen LogP contribution in [0.1, 0.15) is 12.7 Å². The molecule has 0 bridgehead atoms. The van der Waals surface area contributed by atoms with E-state index in [9.17, 15) is 5.11 Å². The molecule has 1 aromatic carbocycles. The van der Waals surface area contributed by atoms with Gasteiger partial charge >= 0.3 is 0 Å². The number of aryl methyl sites for hydroxylation is 2. The maximum atomic E-state index is 9.49. The number of rotatable bonds is 1. The lowest BCUT2D eigenvalue weighted by Crippen LogP contribution is -1.95. The van der Waals surface area contributed by atoms with E-state index in [0.29, 0.717) is 4.47 Å². The first-order chi connectivity index (χ1) is 6.65. The summed E-state index contributed by atoms with van der Waals surface area (Å²) in [6.07, 6.45) is 0. The van der Waals surface area contributed by atoms with Crippen LogP contribution >= 0.6 is 15.9 Å². The Balaban J connectivity index is 2.87. The summed E-state index contributed by atoms with van der Waals surface area (Å²) < 4.78 is 2.78. The minimum Gasteiger partial charge on any atom is -0.507 e. The van der Waals surface area contributed by atoms with Crippen LogP contribution in [-0.2, 0) is 6.54 Å². The van der Waals surface area contributed by atoms with Crippen LogP contribution in [0.5, 0.6) is 5.75 Å². The van der Waals surface area contributed by atoms with Gasteiger partial charge in [-0.05, 0) is 41.9 Å². The quantitative estimate of drug-likeness (QED) is 0.850. The molecule has 0 saturated heterocycles. The number of fused-ring (bicyclic) bond motifs is 1. The average Bonchev–Trinajstić information content (AvgIpc) is 2.49. The van der Waals surface area contributed by atoms with Crippen molar-refractivity contribution >= 4 is 27.0 Å². The van der Waals surface area contributed by atoms with Crippen molar-refractivity contribution < 1.29 is 5.11 Å². The van der Waals surface area contributed by atoms with Gasteiger partial charge < -0.3 is 9.67 Å². The van der Waals surface area contributed by atoms with E-state index in [1.807, 2.05) is 13.0 Å². The molecule has 3 nitrogen and oxygen atoms in total. The number of aromatic nitrogens is 2. The number of halogens is 1. The fraction of sp³-hybridized carbons (Fsp3) is 0.300. The molecule has 0 spiro atoms. The zero-order valence-corrected chi connectivity index (χ0v) is 9.67. The van der Waals surface area contributed by atoms with Crippen LogP contribution in [0.15, 0.2) is 16.6 Å². The summed E-state index contributed by atoms with van der Waals surface area (Å²) in [7, 11) is 0. The van der Waals surface area contributed by atoms with Crippen LogP contribution in [-0.4, -0.2) is 14.7 Å². The fourth-order valence-corrected chi connectivity index (χ4v) is 2.09. The van der Waals surface area contributed by atoms with Crippen LogP contribution in [0, 0.1) is 6.92 Å². The van der Waals surface area contributed by atoms with Gasteiger partial charge in [0.2, 0.25) is 0 Å². The monoisotopic (exact) mass is 254 g/mol. The predicted octanol–water partition coefficient (Wildman–Crippen LogP) is 2.83. The van der Waals surface area contributed by atoms with E-state index in [1.165, 1.54) is 0 Å². The first kappa shape index (κ1) is 9.52. The highest BCUT2D eigenvalue weighted by Crippen LogP contribution is 2.31. The molecule has 1 aromatic heterocycles. The van der Waals surface area contributed by atoms with Crippen LogP contribution in [0.2, 0.25) is 0 Å². The molecule has 1 N–H and O–H groups in total. The molecule has 0 aliphatic carbocycles. The van der Waals surface area contributed by atoms with Crippen molar-refractivity contribution in [3.63, 3.8) is 0 Å². The highest BCUT2D eigenvalue weighted by Gasteiger charge is 2.11. The molecular formula is C10H11BrN2O. The van der Waals surface area contributed by atoms with Gasteiger partial charge in [0, 0.05) is 6.54 Å². The van der Waals surface area contributed by atoms with Crippen molar-refractivity contribution in [3.05, 3.63) is 22.4 Å². The van der Waals surface area contributed by atoms with Gasteiger partial charge in [-0.1, -0.05) is 0 Å². The number of imidazole rings is 1. The van der Waals surface area contributed by atoms with Gasteiger partial charge in [-0.15, -0.1) is 0 Å². The number of phenolic OH excluding ortho intramolecular Hbond substituents is 1. The van der Waals surface area contributed by atoms with Gasteiger partial charge in [-0.25, -0.2) is 4.98 Å². The van der Waals surface area contributed by atoms with Crippen LogP contribution in [0.4, 0.5) is 0 Å². The zero-order valence-electron chi connectivity index (χ0n) is 8.08. The van der Waals surface area contributed by atoms with E-state index in [2.05, 4.69) is 32.4 Å². The third kappa shape index (κ3) is 1.21.